The highest BCUT2D eigenvalue weighted by Gasteiger charge is 2.41. The summed E-state index contributed by atoms with van der Waals surface area (Å²) in [4.78, 5) is 35.0. The van der Waals surface area contributed by atoms with Crippen LogP contribution in [-0.2, 0) is 38.1 Å². The van der Waals surface area contributed by atoms with E-state index in [2.05, 4.69) is 15.5 Å². The molecule has 5 rings (SSSR count). The van der Waals surface area contributed by atoms with E-state index in [1.807, 2.05) is 43.6 Å². The van der Waals surface area contributed by atoms with E-state index in [9.17, 15) is 23.1 Å². The molecule has 0 saturated carbocycles. The van der Waals surface area contributed by atoms with Gasteiger partial charge in [-0.05, 0) is 62.8 Å². The molecule has 0 radical (unpaired) electrons. The summed E-state index contributed by atoms with van der Waals surface area (Å²) in [7, 11) is -3.85. The molecule has 16 heteroatoms. The van der Waals surface area contributed by atoms with Gasteiger partial charge in [-0.1, -0.05) is 54.0 Å². The van der Waals surface area contributed by atoms with Crippen molar-refractivity contribution in [2.45, 2.75) is 63.4 Å². The van der Waals surface area contributed by atoms with Crippen molar-refractivity contribution in [1.82, 2.24) is 20.4 Å². The Balaban J connectivity index is 1.13. The first-order valence-electron chi connectivity index (χ1n) is 18.3. The number of thiazole rings is 1. The Morgan fingerprint density at radius 1 is 0.982 bits per heavy atom. The second-order valence-corrected chi connectivity index (χ2v) is 16.0. The van der Waals surface area contributed by atoms with Gasteiger partial charge in [-0.25, -0.2) is 4.98 Å². The number of aryl methyl sites for hydroxylation is 3. The highest BCUT2D eigenvalue weighted by Crippen LogP contribution is 2.32. The molecule has 2 unspecified atom stereocenters. The molecule has 298 valence electrons. The molecule has 4 atom stereocenters. The Hall–Kier alpha value is -4.03. The molecule has 2 aromatic carbocycles. The van der Waals surface area contributed by atoms with Crippen molar-refractivity contribution in [3.8, 4) is 10.4 Å². The smallest absolute Gasteiger partial charge is 0.297 e. The van der Waals surface area contributed by atoms with Crippen LogP contribution in [0.4, 0.5) is 0 Å². The van der Waals surface area contributed by atoms with E-state index in [0.29, 0.717) is 30.8 Å². The van der Waals surface area contributed by atoms with Crippen molar-refractivity contribution in [1.29, 1.82) is 0 Å². The van der Waals surface area contributed by atoms with Crippen molar-refractivity contribution in [3.05, 3.63) is 88.4 Å². The fourth-order valence-corrected chi connectivity index (χ4v) is 8.02. The van der Waals surface area contributed by atoms with Gasteiger partial charge in [0.2, 0.25) is 11.8 Å². The predicted molar refractivity (Wildman–Crippen MR) is 205 cm³/mol. The maximum absolute atomic E-state index is 13.9. The van der Waals surface area contributed by atoms with Crippen molar-refractivity contribution >= 4 is 33.3 Å². The lowest BCUT2D eigenvalue weighted by Crippen LogP contribution is -2.49. The van der Waals surface area contributed by atoms with Crippen molar-refractivity contribution in [3.63, 3.8) is 0 Å². The lowest BCUT2D eigenvalue weighted by atomic mass is 9.90. The fourth-order valence-electron chi connectivity index (χ4n) is 6.31. The Kier molecular flexibility index (Phi) is 15.5. The minimum absolute atomic E-state index is 0.0819. The van der Waals surface area contributed by atoms with Crippen LogP contribution in [0.25, 0.3) is 10.4 Å². The standard InChI is InChI=1S/C39H50N4O10S2/c1-26-7-13-32(14-8-26)55(47,48)52-21-20-50-17-16-49-18-19-51-24-33(30-9-11-31(12-10-30)37-29(4)40-25-54-37)41-38(45)34-6-5-15-43(34)39(46)36(27(2)23-44)35-22-28(3)42-53-35/h7-14,22,25,27,33-34,36,44H,5-6,15-21,23-24H2,1-4H3,(H,41,45)/t27?,33-,34?,36-/m0/s1. The summed E-state index contributed by atoms with van der Waals surface area (Å²) in [6.45, 7) is 8.68. The number of carbonyl (C=O) groups excluding carboxylic acids is 2. The average molecular weight is 799 g/mol. The molecule has 14 nitrogen and oxygen atoms in total. The zero-order valence-corrected chi connectivity index (χ0v) is 33.3. The van der Waals surface area contributed by atoms with Crippen LogP contribution in [0, 0.1) is 26.7 Å². The number of nitrogens with zero attached hydrogens (tertiary/aromatic N) is 3. The summed E-state index contributed by atoms with van der Waals surface area (Å²) in [5, 5.41) is 17.0. The Labute approximate surface area is 326 Å². The molecule has 0 spiro atoms. The fraction of sp³-hybridized carbons (Fsp3) is 0.487. The predicted octanol–water partition coefficient (Wildman–Crippen LogP) is 4.74. The molecule has 4 aromatic rings. The normalized spacial score (nSPS) is 16.2. The van der Waals surface area contributed by atoms with Gasteiger partial charge in [0.1, 0.15) is 17.7 Å². The maximum atomic E-state index is 13.9. The van der Waals surface area contributed by atoms with Gasteiger partial charge in [0.05, 0.1) is 79.0 Å². The number of likely N-dealkylation sites (tertiary alicyclic amines) is 1. The molecular weight excluding hydrogens is 749 g/mol. The van der Waals surface area contributed by atoms with Gasteiger partial charge in [0.25, 0.3) is 10.1 Å². The molecule has 1 fully saturated rings. The Morgan fingerprint density at radius 3 is 2.27 bits per heavy atom. The average Bonchev–Trinajstić information content (AvgIpc) is 3.95. The van der Waals surface area contributed by atoms with E-state index in [1.165, 1.54) is 12.1 Å². The van der Waals surface area contributed by atoms with Gasteiger partial charge in [-0.15, -0.1) is 11.3 Å². The number of benzene rings is 2. The van der Waals surface area contributed by atoms with Gasteiger partial charge in [0, 0.05) is 19.2 Å². The van der Waals surface area contributed by atoms with Crippen molar-refractivity contribution < 1.29 is 46.0 Å². The molecule has 1 aliphatic heterocycles. The summed E-state index contributed by atoms with van der Waals surface area (Å²) in [5.74, 6) is -1.43. The lowest BCUT2D eigenvalue weighted by Gasteiger charge is -2.30. The Morgan fingerprint density at radius 2 is 1.65 bits per heavy atom. The van der Waals surface area contributed by atoms with Gasteiger partial charge in [0.15, 0.2) is 0 Å². The topological polar surface area (TPSA) is 180 Å². The molecule has 55 heavy (non-hydrogen) atoms. The number of rotatable bonds is 21. The maximum Gasteiger partial charge on any atom is 0.297 e. The van der Waals surface area contributed by atoms with Crippen molar-refractivity contribution in [2.75, 3.05) is 59.4 Å². The first kappa shape index (κ1) is 42.1. The second-order valence-electron chi connectivity index (χ2n) is 13.5. The van der Waals surface area contributed by atoms with E-state index in [4.69, 9.17) is 22.9 Å². The van der Waals surface area contributed by atoms with Gasteiger partial charge in [-0.3, -0.25) is 13.8 Å². The van der Waals surface area contributed by atoms with Crippen LogP contribution in [0.15, 0.2) is 69.5 Å². The van der Waals surface area contributed by atoms with Gasteiger partial charge >= 0.3 is 0 Å². The van der Waals surface area contributed by atoms with Crippen LogP contribution in [0.5, 0.6) is 0 Å². The number of aromatic nitrogens is 2. The summed E-state index contributed by atoms with van der Waals surface area (Å²) in [6.07, 6.45) is 1.15. The summed E-state index contributed by atoms with van der Waals surface area (Å²) >= 11 is 1.56. The first-order valence-corrected chi connectivity index (χ1v) is 20.6. The number of carbonyl (C=O) groups is 2. The molecular formula is C39H50N4O10S2. The summed E-state index contributed by atoms with van der Waals surface area (Å²) in [5.41, 5.74) is 6.18. The highest BCUT2D eigenvalue weighted by atomic mass is 32.2. The van der Waals surface area contributed by atoms with E-state index >= 15 is 0 Å². The first-order chi connectivity index (χ1) is 26.5. The quantitative estimate of drug-likeness (QED) is 0.0875. The van der Waals surface area contributed by atoms with Crippen LogP contribution in [0.2, 0.25) is 0 Å². The minimum Gasteiger partial charge on any atom is -0.396 e. The van der Waals surface area contributed by atoms with E-state index in [-0.39, 0.29) is 69.6 Å². The van der Waals surface area contributed by atoms with Crippen molar-refractivity contribution in [2.24, 2.45) is 5.92 Å². The monoisotopic (exact) mass is 798 g/mol. The number of aliphatic hydroxyl groups excluding tert-OH is 1. The molecule has 2 amide bonds. The molecule has 3 heterocycles. The second kappa shape index (κ2) is 20.2. The van der Waals surface area contributed by atoms with Crippen LogP contribution < -0.4 is 5.32 Å². The van der Waals surface area contributed by atoms with Gasteiger partial charge in [-0.2, -0.15) is 8.42 Å². The third-order valence-corrected chi connectivity index (χ3v) is 11.7. The van der Waals surface area contributed by atoms with E-state index in [0.717, 1.165) is 27.3 Å². The molecule has 0 aliphatic carbocycles. The summed E-state index contributed by atoms with van der Waals surface area (Å²) in [6, 6.07) is 14.8. The molecule has 0 bridgehead atoms. The number of ether oxygens (including phenoxy) is 3. The van der Waals surface area contributed by atoms with Gasteiger partial charge < -0.3 is 34.1 Å². The van der Waals surface area contributed by atoms with Crippen LogP contribution in [0.3, 0.4) is 0 Å². The van der Waals surface area contributed by atoms with Crippen LogP contribution >= 0.6 is 11.3 Å². The summed E-state index contributed by atoms with van der Waals surface area (Å²) < 4.78 is 52.2. The number of aliphatic hydroxyl groups is 1. The number of nitrogens with one attached hydrogen (secondary N) is 1. The third kappa shape index (κ3) is 11.5. The zero-order chi connectivity index (χ0) is 39.4. The van der Waals surface area contributed by atoms with E-state index in [1.54, 1.807) is 48.3 Å². The molecule has 1 saturated heterocycles. The van der Waals surface area contributed by atoms with Crippen LogP contribution in [-0.4, -0.2) is 106 Å². The lowest BCUT2D eigenvalue weighted by molar-refractivity contribution is -0.141. The molecule has 2 aromatic heterocycles. The largest absolute Gasteiger partial charge is 0.396 e. The number of amides is 2. The SMILES string of the molecule is Cc1ccc(S(=O)(=O)OCCOCCOCCOC[C@H](NC(=O)C2CCCN2C(=O)[C@H](c2cc(C)no2)C(C)CO)c2ccc(-c3scnc3C)cc2)cc1. The van der Waals surface area contributed by atoms with Crippen LogP contribution in [0.1, 0.15) is 60.0 Å². The third-order valence-electron chi connectivity index (χ3n) is 9.36. The molecule has 1 aliphatic rings. The minimum atomic E-state index is -3.85. The zero-order valence-electron chi connectivity index (χ0n) is 31.6. The highest BCUT2D eigenvalue weighted by molar-refractivity contribution is 7.86. The van der Waals surface area contributed by atoms with E-state index < -0.39 is 34.0 Å². The Bertz CT molecular complexity index is 1930. The molecule has 2 N–H and O–H groups in total. The number of hydrogen-bond donors (Lipinski definition) is 2. The number of hydrogen-bond acceptors (Lipinski definition) is 13.